The summed E-state index contributed by atoms with van der Waals surface area (Å²) in [5.41, 5.74) is 5.39. The molecular weight excluding hydrogens is 134 g/mol. The van der Waals surface area contributed by atoms with Crippen LogP contribution in [0.5, 0.6) is 0 Å². The second-order valence-corrected chi connectivity index (χ2v) is 2.67. The van der Waals surface area contributed by atoms with Gasteiger partial charge in [0.05, 0.1) is 12.0 Å². The van der Waals surface area contributed by atoms with Gasteiger partial charge in [0.15, 0.2) is 0 Å². The average Bonchev–Trinajstić information content (AvgIpc) is 2.14. The van der Waals surface area contributed by atoms with Crippen LogP contribution in [0.1, 0.15) is 12.8 Å². The van der Waals surface area contributed by atoms with Crippen molar-refractivity contribution in [3.8, 4) is 0 Å². The van der Waals surface area contributed by atoms with Crippen molar-refractivity contribution in [2.75, 3.05) is 0 Å². The average molecular weight is 145 g/mol. The van der Waals surface area contributed by atoms with Crippen LogP contribution >= 0.6 is 0 Å². The minimum absolute atomic E-state index is 0.498. The van der Waals surface area contributed by atoms with Gasteiger partial charge in [-0.05, 0) is 12.8 Å². The molecule has 0 spiro atoms. The van der Waals surface area contributed by atoms with E-state index in [9.17, 15) is 4.79 Å². The van der Waals surface area contributed by atoms with E-state index in [4.69, 9.17) is 15.9 Å². The second kappa shape index (κ2) is 2.56. The van der Waals surface area contributed by atoms with Gasteiger partial charge in [-0.1, -0.05) is 0 Å². The van der Waals surface area contributed by atoms with Gasteiger partial charge in [-0.2, -0.15) is 0 Å². The van der Waals surface area contributed by atoms with E-state index in [0.29, 0.717) is 12.8 Å². The maximum absolute atomic E-state index is 10.4. The number of nitrogens with two attached hydrogens (primary N) is 1. The van der Waals surface area contributed by atoms with Crippen LogP contribution in [-0.4, -0.2) is 28.3 Å². The van der Waals surface area contributed by atoms with E-state index in [-0.39, 0.29) is 0 Å². The fourth-order valence-electron chi connectivity index (χ4n) is 1.29. The first kappa shape index (κ1) is 7.50. The third-order valence-corrected chi connectivity index (χ3v) is 2.00. The Morgan fingerprint density at radius 3 is 2.30 bits per heavy atom. The van der Waals surface area contributed by atoms with Crippen LogP contribution in [-0.2, 0) is 4.79 Å². The SMILES string of the molecule is N[C@@H]1[C@@H](C(=O)O)CC[C@@H]1O. The molecule has 4 nitrogen and oxygen atoms in total. The highest BCUT2D eigenvalue weighted by atomic mass is 16.4. The molecule has 0 aromatic carbocycles. The van der Waals surface area contributed by atoms with Crippen molar-refractivity contribution in [1.82, 2.24) is 0 Å². The van der Waals surface area contributed by atoms with Gasteiger partial charge < -0.3 is 15.9 Å². The van der Waals surface area contributed by atoms with Crippen molar-refractivity contribution in [3.05, 3.63) is 0 Å². The van der Waals surface area contributed by atoms with Gasteiger partial charge in [-0.25, -0.2) is 0 Å². The fraction of sp³-hybridized carbons (Fsp3) is 0.833. The molecule has 0 saturated heterocycles. The molecule has 0 unspecified atom stereocenters. The first-order chi connectivity index (χ1) is 4.63. The summed E-state index contributed by atoms with van der Waals surface area (Å²) in [4.78, 5) is 10.4. The molecule has 0 aromatic rings. The molecule has 0 heterocycles. The number of aliphatic hydroxyl groups is 1. The van der Waals surface area contributed by atoms with E-state index in [2.05, 4.69) is 0 Å². The number of rotatable bonds is 1. The summed E-state index contributed by atoms with van der Waals surface area (Å²) in [5.74, 6) is -1.45. The number of carboxylic acid groups (broad SMARTS) is 1. The molecule has 0 bridgehead atoms. The second-order valence-electron chi connectivity index (χ2n) is 2.67. The molecule has 3 atom stereocenters. The molecule has 1 rings (SSSR count). The Hall–Kier alpha value is -0.610. The molecule has 0 radical (unpaired) electrons. The lowest BCUT2D eigenvalue weighted by molar-refractivity contribution is -0.142. The third-order valence-electron chi connectivity index (χ3n) is 2.00. The van der Waals surface area contributed by atoms with E-state index in [1.54, 1.807) is 0 Å². The zero-order valence-corrected chi connectivity index (χ0v) is 5.53. The van der Waals surface area contributed by atoms with E-state index in [1.807, 2.05) is 0 Å². The van der Waals surface area contributed by atoms with Crippen molar-refractivity contribution in [2.45, 2.75) is 25.0 Å². The summed E-state index contributed by atoms with van der Waals surface area (Å²) >= 11 is 0. The summed E-state index contributed by atoms with van der Waals surface area (Å²) in [6.45, 7) is 0. The maximum atomic E-state index is 10.4. The van der Waals surface area contributed by atoms with E-state index in [0.717, 1.165) is 0 Å². The summed E-state index contributed by atoms with van der Waals surface area (Å²) in [7, 11) is 0. The summed E-state index contributed by atoms with van der Waals surface area (Å²) < 4.78 is 0. The highest BCUT2D eigenvalue weighted by Crippen LogP contribution is 2.24. The van der Waals surface area contributed by atoms with Gasteiger partial charge in [-0.15, -0.1) is 0 Å². The Morgan fingerprint density at radius 1 is 1.50 bits per heavy atom. The molecule has 4 N–H and O–H groups in total. The first-order valence-corrected chi connectivity index (χ1v) is 3.29. The summed E-state index contributed by atoms with van der Waals surface area (Å²) in [6, 6.07) is -0.572. The number of carbonyl (C=O) groups is 1. The van der Waals surface area contributed by atoms with Crippen LogP contribution in [0.25, 0.3) is 0 Å². The van der Waals surface area contributed by atoms with Crippen molar-refractivity contribution in [2.24, 2.45) is 11.7 Å². The third kappa shape index (κ3) is 1.12. The van der Waals surface area contributed by atoms with Crippen molar-refractivity contribution in [3.63, 3.8) is 0 Å². The van der Waals surface area contributed by atoms with E-state index < -0.39 is 24.0 Å². The zero-order chi connectivity index (χ0) is 7.72. The van der Waals surface area contributed by atoms with Gasteiger partial charge >= 0.3 is 5.97 Å². The molecule has 1 aliphatic rings. The van der Waals surface area contributed by atoms with E-state index in [1.165, 1.54) is 0 Å². The van der Waals surface area contributed by atoms with Gasteiger partial charge in [0.1, 0.15) is 0 Å². The monoisotopic (exact) mass is 145 g/mol. The van der Waals surface area contributed by atoms with Crippen LogP contribution < -0.4 is 5.73 Å². The minimum Gasteiger partial charge on any atom is -0.481 e. The molecule has 1 aliphatic carbocycles. The highest BCUT2D eigenvalue weighted by molar-refractivity contribution is 5.71. The number of aliphatic carboxylic acids is 1. The molecule has 0 aliphatic heterocycles. The molecule has 1 saturated carbocycles. The molecule has 4 heteroatoms. The van der Waals surface area contributed by atoms with Gasteiger partial charge in [0, 0.05) is 6.04 Å². The topological polar surface area (TPSA) is 83.6 Å². The highest BCUT2D eigenvalue weighted by Gasteiger charge is 2.36. The quantitative estimate of drug-likeness (QED) is 0.449. The largest absolute Gasteiger partial charge is 0.481 e. The Bertz CT molecular complexity index is 148. The molecular formula is C6H11NO3. The normalized spacial score (nSPS) is 40.0. The predicted octanol–water partition coefficient (Wildman–Crippen LogP) is -0.831. The van der Waals surface area contributed by atoms with Crippen LogP contribution in [0.15, 0.2) is 0 Å². The van der Waals surface area contributed by atoms with Gasteiger partial charge in [0.2, 0.25) is 0 Å². The van der Waals surface area contributed by atoms with Crippen LogP contribution in [0.3, 0.4) is 0 Å². The van der Waals surface area contributed by atoms with Crippen LogP contribution in [0, 0.1) is 5.92 Å². The Morgan fingerprint density at radius 2 is 2.10 bits per heavy atom. The smallest absolute Gasteiger partial charge is 0.308 e. The molecule has 1 fully saturated rings. The maximum Gasteiger partial charge on any atom is 0.308 e. The Labute approximate surface area is 58.6 Å². The van der Waals surface area contributed by atoms with Gasteiger partial charge in [0.25, 0.3) is 0 Å². The lowest BCUT2D eigenvalue weighted by Crippen LogP contribution is -2.38. The lowest BCUT2D eigenvalue weighted by atomic mass is 10.0. The summed E-state index contributed by atoms with van der Waals surface area (Å²) in [5, 5.41) is 17.5. The lowest BCUT2D eigenvalue weighted by Gasteiger charge is -2.11. The molecule has 10 heavy (non-hydrogen) atoms. The number of carboxylic acids is 1. The minimum atomic E-state index is -0.899. The predicted molar refractivity (Wildman–Crippen MR) is 34.3 cm³/mol. The van der Waals surface area contributed by atoms with Crippen LogP contribution in [0.2, 0.25) is 0 Å². The molecule has 0 amide bonds. The zero-order valence-electron chi connectivity index (χ0n) is 5.53. The fourth-order valence-corrected chi connectivity index (χ4v) is 1.29. The van der Waals surface area contributed by atoms with Crippen molar-refractivity contribution < 1.29 is 15.0 Å². The number of hydrogen-bond acceptors (Lipinski definition) is 3. The Balaban J connectivity index is 2.57. The standard InChI is InChI=1S/C6H11NO3/c7-5-3(6(9)10)1-2-4(5)8/h3-5,8H,1-2,7H2,(H,9,10)/t3-,4-,5+/m0/s1. The number of aliphatic hydroxyl groups excluding tert-OH is 1. The van der Waals surface area contributed by atoms with E-state index >= 15 is 0 Å². The summed E-state index contributed by atoms with van der Waals surface area (Å²) in [6.07, 6.45) is 0.386. The van der Waals surface area contributed by atoms with Crippen molar-refractivity contribution >= 4 is 5.97 Å². The van der Waals surface area contributed by atoms with Crippen molar-refractivity contribution in [1.29, 1.82) is 0 Å². The first-order valence-electron chi connectivity index (χ1n) is 3.29. The Kier molecular flexibility index (Phi) is 1.92. The van der Waals surface area contributed by atoms with Crippen LogP contribution in [0.4, 0.5) is 0 Å². The van der Waals surface area contributed by atoms with Gasteiger partial charge in [-0.3, -0.25) is 4.79 Å². The number of hydrogen-bond donors (Lipinski definition) is 3. The molecule has 0 aromatic heterocycles. The molecule has 58 valence electrons.